The zero-order valence-electron chi connectivity index (χ0n) is 21.6. The van der Waals surface area contributed by atoms with E-state index in [1.54, 1.807) is 22.6 Å². The topological polar surface area (TPSA) is 113 Å². The fourth-order valence-electron chi connectivity index (χ4n) is 5.56. The van der Waals surface area contributed by atoms with Gasteiger partial charge in [-0.2, -0.15) is 0 Å². The second-order valence-electron chi connectivity index (χ2n) is 10.4. The summed E-state index contributed by atoms with van der Waals surface area (Å²) in [6.07, 6.45) is 0.481. The Hall–Kier alpha value is -3.54. The first-order valence-electron chi connectivity index (χ1n) is 13.0. The quantitative estimate of drug-likeness (QED) is 0.462. The number of amides is 2. The number of β-amino-alcohol motifs (C(OH)–C–C–N with tert-alkyl or cyclic N) is 1. The summed E-state index contributed by atoms with van der Waals surface area (Å²) < 4.78 is 12.6. The SMILES string of the molecule is COc1ccc2ccc(=O)n(C[C@@]3(O)CCN(CC[C@@H]4CN(c5ccc6c(c5)NC(=O)CS6)C(=O)O4)C3)c2c1. The van der Waals surface area contributed by atoms with Crippen LogP contribution in [0, 0.1) is 0 Å². The lowest BCUT2D eigenvalue weighted by atomic mass is 10.0. The van der Waals surface area contributed by atoms with Gasteiger partial charge in [0.25, 0.3) is 5.56 Å². The summed E-state index contributed by atoms with van der Waals surface area (Å²) in [6.45, 7) is 2.37. The van der Waals surface area contributed by atoms with Crippen LogP contribution in [0.15, 0.2) is 58.2 Å². The predicted molar refractivity (Wildman–Crippen MR) is 149 cm³/mol. The van der Waals surface area contributed by atoms with Crippen LogP contribution in [0.3, 0.4) is 0 Å². The van der Waals surface area contributed by atoms with Gasteiger partial charge in [-0.1, -0.05) is 0 Å². The van der Waals surface area contributed by atoms with E-state index in [-0.39, 0.29) is 24.1 Å². The molecule has 2 fully saturated rings. The number of nitrogens with zero attached hydrogens (tertiary/aromatic N) is 3. The van der Waals surface area contributed by atoms with Crippen molar-refractivity contribution in [3.8, 4) is 5.75 Å². The van der Waals surface area contributed by atoms with Crippen LogP contribution in [0.25, 0.3) is 10.9 Å². The van der Waals surface area contributed by atoms with Crippen molar-refractivity contribution < 1.29 is 24.2 Å². The lowest BCUT2D eigenvalue weighted by Crippen LogP contribution is -2.41. The van der Waals surface area contributed by atoms with E-state index in [9.17, 15) is 19.5 Å². The number of nitrogens with one attached hydrogen (secondary N) is 1. The van der Waals surface area contributed by atoms with Crippen LogP contribution < -0.4 is 20.5 Å². The van der Waals surface area contributed by atoms with E-state index in [1.807, 2.05) is 36.4 Å². The molecular formula is C28H30N4O6S. The van der Waals surface area contributed by atoms with Gasteiger partial charge in [-0.25, -0.2) is 4.79 Å². The Kier molecular flexibility index (Phi) is 6.74. The van der Waals surface area contributed by atoms with Gasteiger partial charge in [0.15, 0.2) is 0 Å². The van der Waals surface area contributed by atoms with Gasteiger partial charge in [-0.05, 0) is 54.6 Å². The fourth-order valence-corrected chi connectivity index (χ4v) is 6.35. The number of methoxy groups -OCH3 is 1. The molecule has 3 aliphatic heterocycles. The highest BCUT2D eigenvalue weighted by Crippen LogP contribution is 2.36. The third-order valence-corrected chi connectivity index (χ3v) is 8.69. The zero-order valence-corrected chi connectivity index (χ0v) is 22.4. The average molecular weight is 551 g/mol. The summed E-state index contributed by atoms with van der Waals surface area (Å²) in [7, 11) is 1.58. The van der Waals surface area contributed by atoms with Gasteiger partial charge in [0.05, 0.1) is 42.8 Å². The van der Waals surface area contributed by atoms with Gasteiger partial charge in [0, 0.05) is 42.3 Å². The number of aromatic nitrogens is 1. The third kappa shape index (κ3) is 5.21. The first-order valence-corrected chi connectivity index (χ1v) is 14.0. The van der Waals surface area contributed by atoms with E-state index in [4.69, 9.17) is 9.47 Å². The molecule has 4 heterocycles. The molecule has 0 bridgehead atoms. The molecule has 204 valence electrons. The first-order chi connectivity index (χ1) is 18.8. The molecule has 2 N–H and O–H groups in total. The number of anilines is 2. The van der Waals surface area contributed by atoms with Crippen molar-refractivity contribution in [3.63, 3.8) is 0 Å². The van der Waals surface area contributed by atoms with Crippen LogP contribution in [-0.4, -0.2) is 77.3 Å². The second kappa shape index (κ2) is 10.2. The maximum Gasteiger partial charge on any atom is 0.414 e. The summed E-state index contributed by atoms with van der Waals surface area (Å²) in [4.78, 5) is 41.8. The van der Waals surface area contributed by atoms with E-state index < -0.39 is 11.7 Å². The number of hydrogen-bond donors (Lipinski definition) is 2. The Morgan fingerprint density at radius 2 is 2.00 bits per heavy atom. The number of aliphatic hydroxyl groups is 1. The van der Waals surface area contributed by atoms with Gasteiger partial charge >= 0.3 is 6.09 Å². The van der Waals surface area contributed by atoms with Crippen molar-refractivity contribution in [3.05, 3.63) is 58.9 Å². The normalized spacial score (nSPS) is 23.1. The van der Waals surface area contributed by atoms with Crippen LogP contribution in [-0.2, 0) is 16.1 Å². The highest BCUT2D eigenvalue weighted by molar-refractivity contribution is 8.00. The van der Waals surface area contributed by atoms with Gasteiger partial charge < -0.3 is 29.4 Å². The van der Waals surface area contributed by atoms with Crippen LogP contribution in [0.5, 0.6) is 5.75 Å². The van der Waals surface area contributed by atoms with E-state index in [1.165, 1.54) is 17.8 Å². The maximum atomic E-state index is 12.7. The monoisotopic (exact) mass is 550 g/mol. The van der Waals surface area contributed by atoms with E-state index in [0.717, 1.165) is 15.8 Å². The number of thioether (sulfide) groups is 1. The lowest BCUT2D eigenvalue weighted by Gasteiger charge is -2.25. The highest BCUT2D eigenvalue weighted by atomic mass is 32.2. The van der Waals surface area contributed by atoms with Crippen LogP contribution >= 0.6 is 11.8 Å². The molecule has 1 aromatic heterocycles. The molecule has 2 aromatic carbocycles. The Balaban J connectivity index is 1.08. The number of carbonyl (C=O) groups is 2. The number of pyridine rings is 1. The number of fused-ring (bicyclic) bond motifs is 2. The molecule has 0 unspecified atom stereocenters. The van der Waals surface area contributed by atoms with Crippen molar-refractivity contribution >= 4 is 46.0 Å². The Morgan fingerprint density at radius 1 is 1.15 bits per heavy atom. The minimum Gasteiger partial charge on any atom is -0.497 e. The Bertz CT molecular complexity index is 1510. The van der Waals surface area contributed by atoms with Crippen molar-refractivity contribution in [2.75, 3.05) is 49.3 Å². The first kappa shape index (κ1) is 25.7. The fraction of sp³-hybridized carbons (Fsp3) is 0.393. The molecule has 0 radical (unpaired) electrons. The number of likely N-dealkylation sites (tertiary alicyclic amines) is 1. The van der Waals surface area contributed by atoms with Gasteiger partial charge in [0.2, 0.25) is 5.91 Å². The summed E-state index contributed by atoms with van der Waals surface area (Å²) in [5.74, 6) is 0.988. The number of ether oxygens (including phenoxy) is 2. The Morgan fingerprint density at radius 3 is 2.85 bits per heavy atom. The average Bonchev–Trinajstić information content (AvgIpc) is 3.50. The van der Waals surface area contributed by atoms with Crippen LogP contribution in [0.1, 0.15) is 12.8 Å². The maximum absolute atomic E-state index is 12.7. The molecule has 0 spiro atoms. The van der Waals surface area contributed by atoms with Crippen molar-refractivity contribution in [1.82, 2.24) is 9.47 Å². The van der Waals surface area contributed by atoms with Crippen molar-refractivity contribution in [1.29, 1.82) is 0 Å². The minimum absolute atomic E-state index is 0.0536. The van der Waals surface area contributed by atoms with Gasteiger partial charge in [-0.15, -0.1) is 11.8 Å². The minimum atomic E-state index is -1.05. The van der Waals surface area contributed by atoms with E-state index >= 15 is 0 Å². The molecule has 0 aliphatic carbocycles. The number of carbonyl (C=O) groups excluding carboxylic acids is 2. The number of hydrogen-bond acceptors (Lipinski definition) is 8. The summed E-state index contributed by atoms with van der Waals surface area (Å²) in [5.41, 5.74) is 0.917. The molecule has 10 nitrogen and oxygen atoms in total. The zero-order chi connectivity index (χ0) is 27.1. The molecule has 0 saturated carbocycles. The molecule has 2 saturated heterocycles. The molecular weight excluding hydrogens is 520 g/mol. The Labute approximate surface area is 229 Å². The van der Waals surface area contributed by atoms with Gasteiger partial charge in [0.1, 0.15) is 11.9 Å². The molecule has 3 aromatic rings. The molecule has 39 heavy (non-hydrogen) atoms. The second-order valence-corrected chi connectivity index (χ2v) is 11.4. The highest BCUT2D eigenvalue weighted by Gasteiger charge is 2.38. The van der Waals surface area contributed by atoms with Gasteiger partial charge in [-0.3, -0.25) is 14.5 Å². The van der Waals surface area contributed by atoms with Crippen molar-refractivity contribution in [2.45, 2.75) is 36.0 Å². The molecule has 2 amide bonds. The molecule has 11 heteroatoms. The van der Waals surface area contributed by atoms with E-state index in [0.29, 0.717) is 61.9 Å². The molecule has 3 aliphatic rings. The smallest absolute Gasteiger partial charge is 0.414 e. The van der Waals surface area contributed by atoms with E-state index in [2.05, 4.69) is 10.2 Å². The number of benzene rings is 2. The number of rotatable bonds is 7. The van der Waals surface area contributed by atoms with Crippen molar-refractivity contribution in [2.24, 2.45) is 0 Å². The summed E-state index contributed by atoms with van der Waals surface area (Å²) in [6, 6.07) is 14.5. The predicted octanol–water partition coefficient (Wildman–Crippen LogP) is 2.91. The lowest BCUT2D eigenvalue weighted by molar-refractivity contribution is -0.113. The largest absolute Gasteiger partial charge is 0.497 e. The third-order valence-electron chi connectivity index (χ3n) is 7.61. The summed E-state index contributed by atoms with van der Waals surface area (Å²) >= 11 is 1.48. The standard InChI is InChI=1S/C28H30N4O6S/c1-37-20-5-2-18-3-7-26(34)32(23(18)13-20)17-28(36)9-11-30(16-28)10-8-21-14-31(27(35)38-21)19-4-6-24-22(12-19)29-25(33)15-39-24/h2-7,12-13,21,36H,8-11,14-17H2,1H3,(H,29,33)/t21-,28-/m1/s1. The van der Waals surface area contributed by atoms with Crippen LogP contribution in [0.4, 0.5) is 16.2 Å². The summed E-state index contributed by atoms with van der Waals surface area (Å²) in [5, 5.41) is 15.2. The molecule has 6 rings (SSSR count). The number of cyclic esters (lactones) is 1. The van der Waals surface area contributed by atoms with Crippen LogP contribution in [0.2, 0.25) is 0 Å². The molecule has 2 atom stereocenters.